The molecular weight excluding hydrogens is 210 g/mol. The highest BCUT2D eigenvalue weighted by Crippen LogP contribution is 2.60. The van der Waals surface area contributed by atoms with Crippen molar-refractivity contribution in [3.05, 3.63) is 0 Å². The maximum Gasteiger partial charge on any atom is 0.156 e. The van der Waals surface area contributed by atoms with Gasteiger partial charge in [0.15, 0.2) is 5.78 Å². The van der Waals surface area contributed by atoms with Gasteiger partial charge in [0.2, 0.25) is 0 Å². The van der Waals surface area contributed by atoms with Crippen molar-refractivity contribution in [3.63, 3.8) is 0 Å². The number of nitrogens with zero attached hydrogens (tertiary/aromatic N) is 1. The molecule has 0 radical (unpaired) electrons. The number of ketones is 1. The number of nitriles is 1. The average molecular weight is 231 g/mol. The topological polar surface area (TPSA) is 40.9 Å². The lowest BCUT2D eigenvalue weighted by atomic mass is 9.47. The van der Waals surface area contributed by atoms with E-state index in [9.17, 15) is 4.79 Å². The van der Waals surface area contributed by atoms with E-state index in [1.54, 1.807) is 0 Å². The van der Waals surface area contributed by atoms with Crippen LogP contribution in [-0.4, -0.2) is 5.78 Å². The van der Waals surface area contributed by atoms with Crippen molar-refractivity contribution in [2.45, 2.75) is 51.9 Å². The highest BCUT2D eigenvalue weighted by atomic mass is 16.1. The predicted octanol–water partition coefficient (Wildman–Crippen LogP) is 3.32. The Morgan fingerprint density at radius 2 is 1.71 bits per heavy atom. The fourth-order valence-corrected chi connectivity index (χ4v) is 5.12. The molecule has 0 spiro atoms. The zero-order valence-electron chi connectivity index (χ0n) is 10.6. The van der Waals surface area contributed by atoms with Crippen molar-refractivity contribution in [1.29, 1.82) is 5.26 Å². The van der Waals surface area contributed by atoms with Gasteiger partial charge in [0.1, 0.15) is 5.92 Å². The van der Waals surface area contributed by atoms with Gasteiger partial charge in [-0.3, -0.25) is 4.79 Å². The third-order valence-electron chi connectivity index (χ3n) is 5.44. The van der Waals surface area contributed by atoms with Crippen LogP contribution in [0.25, 0.3) is 0 Å². The molecule has 4 saturated carbocycles. The van der Waals surface area contributed by atoms with Gasteiger partial charge in [-0.05, 0) is 62.7 Å². The largest absolute Gasteiger partial charge is 0.298 e. The molecule has 1 atom stereocenters. The molecule has 17 heavy (non-hydrogen) atoms. The lowest BCUT2D eigenvalue weighted by Crippen LogP contribution is -2.51. The maximum atomic E-state index is 12.6. The van der Waals surface area contributed by atoms with E-state index in [4.69, 9.17) is 5.26 Å². The van der Waals surface area contributed by atoms with Gasteiger partial charge in [0.25, 0.3) is 0 Å². The minimum atomic E-state index is -0.341. The molecule has 4 aliphatic rings. The second kappa shape index (κ2) is 3.83. The van der Waals surface area contributed by atoms with E-state index < -0.39 is 0 Å². The summed E-state index contributed by atoms with van der Waals surface area (Å²) >= 11 is 0. The molecule has 4 fully saturated rings. The van der Waals surface area contributed by atoms with Gasteiger partial charge < -0.3 is 0 Å². The molecule has 4 rings (SSSR count). The van der Waals surface area contributed by atoms with Crippen LogP contribution in [0.4, 0.5) is 0 Å². The average Bonchev–Trinajstić information content (AvgIpc) is 2.28. The maximum absolute atomic E-state index is 12.6. The summed E-state index contributed by atoms with van der Waals surface area (Å²) in [4.78, 5) is 12.6. The zero-order valence-corrected chi connectivity index (χ0v) is 10.6. The molecule has 0 aromatic carbocycles. The quantitative estimate of drug-likeness (QED) is 0.747. The predicted molar refractivity (Wildman–Crippen MR) is 65.0 cm³/mol. The molecule has 4 aliphatic carbocycles. The summed E-state index contributed by atoms with van der Waals surface area (Å²) in [6.07, 6.45) is 8.04. The van der Waals surface area contributed by atoms with Crippen molar-refractivity contribution in [2.75, 3.05) is 0 Å². The summed E-state index contributed by atoms with van der Waals surface area (Å²) < 4.78 is 0. The van der Waals surface area contributed by atoms with E-state index in [1.807, 2.05) is 6.92 Å². The molecule has 0 saturated heterocycles. The minimum absolute atomic E-state index is 0.0782. The van der Waals surface area contributed by atoms with Crippen LogP contribution in [0.15, 0.2) is 0 Å². The summed E-state index contributed by atoms with van der Waals surface area (Å²) in [5, 5.41) is 9.13. The molecule has 2 nitrogen and oxygen atoms in total. The number of Topliss-reactive ketones (excluding diaryl/α,β-unsaturated/α-hetero) is 1. The Morgan fingerprint density at radius 3 is 2.06 bits per heavy atom. The number of rotatable bonds is 3. The first-order chi connectivity index (χ1) is 8.16. The molecule has 0 aliphatic heterocycles. The first-order valence-corrected chi connectivity index (χ1v) is 7.11. The standard InChI is InChI=1S/C15H21NO/c1-2-13(9-16)14(17)15-6-10-3-11(7-15)5-12(4-10)8-15/h10-13H,2-8H2,1H3. The Labute approximate surface area is 103 Å². The molecule has 1 unspecified atom stereocenters. The summed E-state index contributed by atoms with van der Waals surface area (Å²) in [6.45, 7) is 1.96. The van der Waals surface area contributed by atoms with E-state index in [0.717, 1.165) is 37.0 Å². The van der Waals surface area contributed by atoms with Crippen LogP contribution in [0.5, 0.6) is 0 Å². The van der Waals surface area contributed by atoms with Crippen LogP contribution in [0, 0.1) is 40.4 Å². The third-order valence-corrected chi connectivity index (χ3v) is 5.44. The smallest absolute Gasteiger partial charge is 0.156 e. The van der Waals surface area contributed by atoms with Gasteiger partial charge in [0, 0.05) is 5.41 Å². The van der Waals surface area contributed by atoms with Crippen molar-refractivity contribution in [3.8, 4) is 6.07 Å². The molecule has 0 aromatic heterocycles. The second-order valence-corrected chi connectivity index (χ2v) is 6.65. The number of carbonyl (C=O) groups excluding carboxylic acids is 1. The first-order valence-electron chi connectivity index (χ1n) is 7.11. The van der Waals surface area contributed by atoms with Gasteiger partial charge in [-0.1, -0.05) is 6.92 Å². The van der Waals surface area contributed by atoms with E-state index in [-0.39, 0.29) is 11.3 Å². The molecule has 0 N–H and O–H groups in total. The van der Waals surface area contributed by atoms with Crippen LogP contribution in [0.3, 0.4) is 0 Å². The van der Waals surface area contributed by atoms with Crippen LogP contribution in [0.2, 0.25) is 0 Å². The summed E-state index contributed by atoms with van der Waals surface area (Å²) in [6, 6.07) is 2.23. The summed E-state index contributed by atoms with van der Waals surface area (Å²) in [5.41, 5.74) is -0.0782. The summed E-state index contributed by atoms with van der Waals surface area (Å²) in [7, 11) is 0. The Kier molecular flexibility index (Phi) is 2.54. The van der Waals surface area contributed by atoms with Gasteiger partial charge in [0.05, 0.1) is 6.07 Å². The fourth-order valence-electron chi connectivity index (χ4n) is 5.12. The molecule has 92 valence electrons. The van der Waals surface area contributed by atoms with Crippen LogP contribution in [-0.2, 0) is 4.79 Å². The third kappa shape index (κ3) is 1.63. The van der Waals surface area contributed by atoms with Gasteiger partial charge in [-0.25, -0.2) is 0 Å². The van der Waals surface area contributed by atoms with Gasteiger partial charge in [-0.2, -0.15) is 5.26 Å². The SMILES string of the molecule is CCC(C#N)C(=O)C12CC3CC(CC(C3)C1)C2. The Morgan fingerprint density at radius 1 is 1.24 bits per heavy atom. The normalized spacial score (nSPS) is 44.4. The zero-order chi connectivity index (χ0) is 12.0. The molecule has 4 bridgehead atoms. The Balaban J connectivity index is 1.87. The van der Waals surface area contributed by atoms with Crippen molar-refractivity contribution < 1.29 is 4.79 Å². The molecular formula is C15H21NO. The minimum Gasteiger partial charge on any atom is -0.298 e. The van der Waals surface area contributed by atoms with Crippen LogP contribution in [0.1, 0.15) is 51.9 Å². The van der Waals surface area contributed by atoms with Crippen molar-refractivity contribution in [2.24, 2.45) is 29.1 Å². The van der Waals surface area contributed by atoms with E-state index in [2.05, 4.69) is 6.07 Å². The molecule has 0 amide bonds. The highest BCUT2D eigenvalue weighted by Gasteiger charge is 2.55. The van der Waals surface area contributed by atoms with Crippen LogP contribution >= 0.6 is 0 Å². The Bertz CT molecular complexity index is 344. The summed E-state index contributed by atoms with van der Waals surface area (Å²) in [5.74, 6) is 2.33. The highest BCUT2D eigenvalue weighted by molar-refractivity contribution is 5.89. The first kappa shape index (κ1) is 11.3. The van der Waals surface area contributed by atoms with E-state index >= 15 is 0 Å². The molecule has 0 aromatic rings. The van der Waals surface area contributed by atoms with Gasteiger partial charge >= 0.3 is 0 Å². The number of hydrogen-bond acceptors (Lipinski definition) is 2. The van der Waals surface area contributed by atoms with Crippen molar-refractivity contribution >= 4 is 5.78 Å². The second-order valence-electron chi connectivity index (χ2n) is 6.65. The monoisotopic (exact) mass is 231 g/mol. The Hall–Kier alpha value is -0.840. The van der Waals surface area contributed by atoms with E-state index in [0.29, 0.717) is 12.2 Å². The van der Waals surface area contributed by atoms with Crippen molar-refractivity contribution in [1.82, 2.24) is 0 Å². The van der Waals surface area contributed by atoms with Crippen LogP contribution < -0.4 is 0 Å². The lowest BCUT2D eigenvalue weighted by Gasteiger charge is -2.56. The lowest BCUT2D eigenvalue weighted by molar-refractivity contribution is -0.146. The molecule has 0 heterocycles. The number of hydrogen-bond donors (Lipinski definition) is 0. The molecule has 2 heteroatoms. The van der Waals surface area contributed by atoms with Gasteiger partial charge in [-0.15, -0.1) is 0 Å². The van der Waals surface area contributed by atoms with E-state index in [1.165, 1.54) is 19.3 Å². The fraction of sp³-hybridized carbons (Fsp3) is 0.867. The number of carbonyl (C=O) groups is 1.